The van der Waals surface area contributed by atoms with E-state index in [4.69, 9.17) is 0 Å². The van der Waals surface area contributed by atoms with Crippen molar-refractivity contribution in [3.8, 4) is 0 Å². The minimum absolute atomic E-state index is 0.0839. The van der Waals surface area contributed by atoms with E-state index in [1.807, 2.05) is 28.9 Å². The highest BCUT2D eigenvalue weighted by molar-refractivity contribution is 6.07. The van der Waals surface area contributed by atoms with Gasteiger partial charge in [-0.2, -0.15) is 0 Å². The zero-order valence-corrected chi connectivity index (χ0v) is 20.5. The van der Waals surface area contributed by atoms with Gasteiger partial charge in [0.15, 0.2) is 0 Å². The van der Waals surface area contributed by atoms with Crippen LogP contribution in [0.2, 0.25) is 0 Å². The first-order valence-corrected chi connectivity index (χ1v) is 12.5. The zero-order chi connectivity index (χ0) is 24.2. The Kier molecular flexibility index (Phi) is 7.35. The van der Waals surface area contributed by atoms with Gasteiger partial charge in [0.1, 0.15) is 0 Å². The maximum absolute atomic E-state index is 13.5. The molecule has 0 aromatic heterocycles. The maximum Gasteiger partial charge on any atom is 0.255 e. The van der Waals surface area contributed by atoms with Crippen LogP contribution in [-0.4, -0.2) is 52.7 Å². The van der Waals surface area contributed by atoms with Gasteiger partial charge in [0.2, 0.25) is 0 Å². The van der Waals surface area contributed by atoms with Crippen molar-refractivity contribution in [2.75, 3.05) is 18.4 Å². The number of benzene rings is 2. The Balaban J connectivity index is 1.66. The Bertz CT molecular complexity index is 1010. The summed E-state index contributed by atoms with van der Waals surface area (Å²) in [6, 6.07) is 12.8. The SMILES string of the molecule is Cc1ccc(C(=O)Nc2cc(C(=O)N3CCCC[C@@H]3C)cc(C(=O)N3CCCC[C@@H]3C)c2)cc1. The molecule has 6 heteroatoms. The highest BCUT2D eigenvalue weighted by atomic mass is 16.2. The number of nitrogens with one attached hydrogen (secondary N) is 1. The van der Waals surface area contributed by atoms with E-state index in [0.717, 1.165) is 44.1 Å². The van der Waals surface area contributed by atoms with Crippen LogP contribution in [0.5, 0.6) is 0 Å². The van der Waals surface area contributed by atoms with Crippen LogP contribution in [0.1, 0.15) is 89.0 Å². The van der Waals surface area contributed by atoms with Crippen molar-refractivity contribution in [3.05, 3.63) is 64.7 Å². The first kappa shape index (κ1) is 24.0. The van der Waals surface area contributed by atoms with E-state index < -0.39 is 0 Å². The van der Waals surface area contributed by atoms with E-state index in [1.165, 1.54) is 0 Å². The van der Waals surface area contributed by atoms with E-state index in [0.29, 0.717) is 35.5 Å². The highest BCUT2D eigenvalue weighted by Gasteiger charge is 2.28. The minimum atomic E-state index is -0.263. The van der Waals surface area contributed by atoms with Gasteiger partial charge in [-0.3, -0.25) is 14.4 Å². The molecule has 0 bridgehead atoms. The van der Waals surface area contributed by atoms with Crippen molar-refractivity contribution >= 4 is 23.4 Å². The van der Waals surface area contributed by atoms with Crippen molar-refractivity contribution in [1.82, 2.24) is 9.80 Å². The Labute approximate surface area is 202 Å². The molecular weight excluding hydrogens is 426 g/mol. The number of likely N-dealkylation sites (tertiary alicyclic amines) is 2. The average molecular weight is 462 g/mol. The summed E-state index contributed by atoms with van der Waals surface area (Å²) in [5.41, 5.74) is 2.97. The van der Waals surface area contributed by atoms with Crippen LogP contribution >= 0.6 is 0 Å². The molecule has 2 aromatic rings. The molecule has 2 fully saturated rings. The monoisotopic (exact) mass is 461 g/mol. The Morgan fingerprint density at radius 3 is 1.71 bits per heavy atom. The number of anilines is 1. The van der Waals surface area contributed by atoms with Crippen LogP contribution in [-0.2, 0) is 0 Å². The van der Waals surface area contributed by atoms with Gasteiger partial charge in [-0.1, -0.05) is 17.7 Å². The number of hydrogen-bond acceptors (Lipinski definition) is 3. The molecular formula is C28H35N3O3. The molecule has 0 saturated carbocycles. The lowest BCUT2D eigenvalue weighted by molar-refractivity contribution is 0.0633. The molecule has 3 amide bonds. The van der Waals surface area contributed by atoms with Crippen molar-refractivity contribution in [1.29, 1.82) is 0 Å². The van der Waals surface area contributed by atoms with Gasteiger partial charge >= 0.3 is 0 Å². The van der Waals surface area contributed by atoms with Gasteiger partial charge in [-0.25, -0.2) is 0 Å². The Morgan fingerprint density at radius 1 is 0.735 bits per heavy atom. The zero-order valence-electron chi connectivity index (χ0n) is 20.5. The second-order valence-corrected chi connectivity index (χ2v) is 9.81. The van der Waals surface area contributed by atoms with Crippen LogP contribution in [0, 0.1) is 6.92 Å². The number of carbonyl (C=O) groups excluding carboxylic acids is 3. The fraction of sp³-hybridized carbons (Fsp3) is 0.464. The van der Waals surface area contributed by atoms with Crippen LogP contribution < -0.4 is 5.32 Å². The molecule has 2 saturated heterocycles. The predicted octanol–water partition coefficient (Wildman–Crippen LogP) is 5.28. The van der Waals surface area contributed by atoms with Crippen molar-refractivity contribution in [2.24, 2.45) is 0 Å². The molecule has 1 N–H and O–H groups in total. The van der Waals surface area contributed by atoms with Gasteiger partial charge in [0, 0.05) is 47.6 Å². The number of carbonyl (C=O) groups is 3. The molecule has 0 radical (unpaired) electrons. The molecule has 180 valence electrons. The van der Waals surface area contributed by atoms with E-state index >= 15 is 0 Å². The van der Waals surface area contributed by atoms with Crippen molar-refractivity contribution in [2.45, 2.75) is 71.4 Å². The summed E-state index contributed by atoms with van der Waals surface area (Å²) in [6.45, 7) is 7.54. The average Bonchev–Trinajstić information content (AvgIpc) is 2.84. The fourth-order valence-corrected chi connectivity index (χ4v) is 4.99. The smallest absolute Gasteiger partial charge is 0.255 e. The summed E-state index contributed by atoms with van der Waals surface area (Å²) in [7, 11) is 0. The number of nitrogens with zero attached hydrogens (tertiary/aromatic N) is 2. The lowest BCUT2D eigenvalue weighted by atomic mass is 9.99. The molecule has 2 heterocycles. The number of piperidine rings is 2. The first-order valence-electron chi connectivity index (χ1n) is 12.5. The second-order valence-electron chi connectivity index (χ2n) is 9.81. The number of rotatable bonds is 4. The molecule has 4 rings (SSSR count). The summed E-state index contributed by atoms with van der Waals surface area (Å²) in [5.74, 6) is -0.431. The molecule has 2 aromatic carbocycles. The van der Waals surface area contributed by atoms with Gasteiger partial charge < -0.3 is 15.1 Å². The fourth-order valence-electron chi connectivity index (χ4n) is 4.99. The minimum Gasteiger partial charge on any atom is -0.336 e. The molecule has 2 atom stereocenters. The van der Waals surface area contributed by atoms with Gasteiger partial charge in [-0.15, -0.1) is 0 Å². The van der Waals surface area contributed by atoms with Crippen molar-refractivity contribution < 1.29 is 14.4 Å². The van der Waals surface area contributed by atoms with Crippen LogP contribution in [0.15, 0.2) is 42.5 Å². The molecule has 6 nitrogen and oxygen atoms in total. The lowest BCUT2D eigenvalue weighted by Crippen LogP contribution is -2.43. The quantitative estimate of drug-likeness (QED) is 0.674. The number of hydrogen-bond donors (Lipinski definition) is 1. The summed E-state index contributed by atoms with van der Waals surface area (Å²) in [4.78, 5) is 43.6. The number of amides is 3. The van der Waals surface area contributed by atoms with Crippen molar-refractivity contribution in [3.63, 3.8) is 0 Å². The third-order valence-electron chi connectivity index (χ3n) is 7.13. The first-order chi connectivity index (χ1) is 16.3. The van der Waals surface area contributed by atoms with Crippen LogP contribution in [0.25, 0.3) is 0 Å². The topological polar surface area (TPSA) is 69.7 Å². The molecule has 0 unspecified atom stereocenters. The second kappa shape index (κ2) is 10.4. The third kappa shape index (κ3) is 5.32. The molecule has 2 aliphatic rings. The largest absolute Gasteiger partial charge is 0.336 e. The summed E-state index contributed by atoms with van der Waals surface area (Å²) >= 11 is 0. The predicted molar refractivity (Wildman–Crippen MR) is 134 cm³/mol. The van der Waals surface area contributed by atoms with Crippen LogP contribution in [0.4, 0.5) is 5.69 Å². The van der Waals surface area contributed by atoms with Gasteiger partial charge in [-0.05, 0) is 89.6 Å². The lowest BCUT2D eigenvalue weighted by Gasteiger charge is -2.34. The van der Waals surface area contributed by atoms with Crippen LogP contribution in [0.3, 0.4) is 0 Å². The normalized spacial score (nSPS) is 20.7. The van der Waals surface area contributed by atoms with E-state index in [9.17, 15) is 14.4 Å². The summed E-state index contributed by atoms with van der Waals surface area (Å²) in [6.07, 6.45) is 6.16. The Morgan fingerprint density at radius 2 is 1.24 bits per heavy atom. The molecule has 34 heavy (non-hydrogen) atoms. The highest BCUT2D eigenvalue weighted by Crippen LogP contribution is 2.25. The maximum atomic E-state index is 13.5. The molecule has 0 spiro atoms. The van der Waals surface area contributed by atoms with E-state index in [1.54, 1.807) is 30.3 Å². The standard InChI is InChI=1S/C28H35N3O3/c1-19-10-12-22(13-11-19)26(32)29-25-17-23(27(33)30-14-6-4-8-20(30)2)16-24(18-25)28(34)31-15-7-5-9-21(31)3/h10-13,16-18,20-21H,4-9,14-15H2,1-3H3,(H,29,32)/t20-,21-/m0/s1. The van der Waals surface area contributed by atoms with Gasteiger partial charge in [0.05, 0.1) is 0 Å². The summed E-state index contributed by atoms with van der Waals surface area (Å²) < 4.78 is 0. The van der Waals surface area contributed by atoms with E-state index in [2.05, 4.69) is 19.2 Å². The van der Waals surface area contributed by atoms with E-state index in [-0.39, 0.29) is 29.8 Å². The summed E-state index contributed by atoms with van der Waals surface area (Å²) in [5, 5.41) is 2.92. The third-order valence-corrected chi connectivity index (χ3v) is 7.13. The molecule has 0 aliphatic carbocycles. The number of aryl methyl sites for hydroxylation is 1. The molecule has 2 aliphatic heterocycles. The van der Waals surface area contributed by atoms with Gasteiger partial charge in [0.25, 0.3) is 17.7 Å². The Hall–Kier alpha value is -3.15.